The summed E-state index contributed by atoms with van der Waals surface area (Å²) >= 11 is 0. The van der Waals surface area contributed by atoms with Crippen molar-refractivity contribution in [2.75, 3.05) is 0 Å². The Balaban J connectivity index is 2.24. The average Bonchev–Trinajstić information content (AvgIpc) is 2.30. The molecule has 0 aliphatic heterocycles. The van der Waals surface area contributed by atoms with E-state index in [1.54, 1.807) is 0 Å². The number of carbonyl (C=O) groups is 1. The second-order valence-electron chi connectivity index (χ2n) is 5.51. The van der Waals surface area contributed by atoms with E-state index in [4.69, 9.17) is 5.73 Å². The van der Waals surface area contributed by atoms with Crippen LogP contribution in [0.5, 0.6) is 0 Å². The van der Waals surface area contributed by atoms with Crippen LogP contribution < -0.4 is 11.1 Å². The summed E-state index contributed by atoms with van der Waals surface area (Å²) in [5.41, 5.74) is 5.88. The van der Waals surface area contributed by atoms with Gasteiger partial charge in [0.2, 0.25) is 5.91 Å². The van der Waals surface area contributed by atoms with Gasteiger partial charge in [0, 0.05) is 18.5 Å². The van der Waals surface area contributed by atoms with Gasteiger partial charge in [0.15, 0.2) is 0 Å². The molecule has 0 aromatic heterocycles. The number of rotatable bonds is 6. The monoisotopic (exact) mass is 240 g/mol. The van der Waals surface area contributed by atoms with Gasteiger partial charge >= 0.3 is 0 Å². The maximum absolute atomic E-state index is 11.8. The van der Waals surface area contributed by atoms with Crippen molar-refractivity contribution in [2.45, 2.75) is 77.3 Å². The van der Waals surface area contributed by atoms with E-state index >= 15 is 0 Å². The predicted octanol–water partition coefficient (Wildman–Crippen LogP) is 2.59. The summed E-state index contributed by atoms with van der Waals surface area (Å²) in [4.78, 5) is 11.8. The quantitative estimate of drug-likeness (QED) is 0.750. The van der Waals surface area contributed by atoms with Crippen molar-refractivity contribution < 1.29 is 4.79 Å². The van der Waals surface area contributed by atoms with Crippen molar-refractivity contribution in [1.29, 1.82) is 0 Å². The van der Waals surface area contributed by atoms with E-state index < -0.39 is 0 Å². The SMILES string of the molecule is CCCC(N)CC(=O)NC(C)C1CCCCC1. The first kappa shape index (κ1) is 14.5. The summed E-state index contributed by atoms with van der Waals surface area (Å²) in [7, 11) is 0. The Morgan fingerprint density at radius 2 is 2.00 bits per heavy atom. The van der Waals surface area contributed by atoms with E-state index in [1.807, 2.05) is 0 Å². The van der Waals surface area contributed by atoms with Crippen LogP contribution in [0.2, 0.25) is 0 Å². The van der Waals surface area contributed by atoms with E-state index in [-0.39, 0.29) is 11.9 Å². The third kappa shape index (κ3) is 5.53. The molecule has 0 saturated heterocycles. The molecule has 1 fully saturated rings. The lowest BCUT2D eigenvalue weighted by atomic mass is 9.84. The highest BCUT2D eigenvalue weighted by molar-refractivity contribution is 5.76. The molecule has 2 unspecified atom stereocenters. The number of carbonyl (C=O) groups excluding carboxylic acids is 1. The van der Waals surface area contributed by atoms with E-state index in [1.165, 1.54) is 32.1 Å². The normalized spacial score (nSPS) is 20.9. The number of hydrogen-bond donors (Lipinski definition) is 2. The highest BCUT2D eigenvalue weighted by Gasteiger charge is 2.21. The van der Waals surface area contributed by atoms with Gasteiger partial charge in [-0.1, -0.05) is 32.6 Å². The van der Waals surface area contributed by atoms with Gasteiger partial charge in [0.05, 0.1) is 0 Å². The smallest absolute Gasteiger partial charge is 0.221 e. The zero-order valence-electron chi connectivity index (χ0n) is 11.4. The molecule has 0 heterocycles. The van der Waals surface area contributed by atoms with Gasteiger partial charge in [-0.05, 0) is 32.1 Å². The minimum atomic E-state index is 0.0264. The zero-order chi connectivity index (χ0) is 12.7. The standard InChI is InChI=1S/C14H28N2O/c1-3-7-13(15)10-14(17)16-11(2)12-8-5-4-6-9-12/h11-13H,3-10,15H2,1-2H3,(H,16,17). The fourth-order valence-electron chi connectivity index (χ4n) is 2.78. The molecule has 0 aromatic carbocycles. The fourth-order valence-corrected chi connectivity index (χ4v) is 2.78. The second-order valence-corrected chi connectivity index (χ2v) is 5.51. The molecule has 0 spiro atoms. The Morgan fingerprint density at radius 3 is 2.59 bits per heavy atom. The first-order valence-electron chi connectivity index (χ1n) is 7.18. The maximum Gasteiger partial charge on any atom is 0.221 e. The Hall–Kier alpha value is -0.570. The Morgan fingerprint density at radius 1 is 1.35 bits per heavy atom. The molecule has 1 aliphatic rings. The second kappa shape index (κ2) is 7.70. The number of hydrogen-bond acceptors (Lipinski definition) is 2. The summed E-state index contributed by atoms with van der Waals surface area (Å²) in [5, 5.41) is 3.12. The fraction of sp³-hybridized carbons (Fsp3) is 0.929. The van der Waals surface area contributed by atoms with Crippen LogP contribution in [0.25, 0.3) is 0 Å². The van der Waals surface area contributed by atoms with Gasteiger partial charge in [0.1, 0.15) is 0 Å². The van der Waals surface area contributed by atoms with E-state index in [0.29, 0.717) is 18.4 Å². The van der Waals surface area contributed by atoms with Crippen LogP contribution in [0.15, 0.2) is 0 Å². The average molecular weight is 240 g/mol. The van der Waals surface area contributed by atoms with Crippen molar-refractivity contribution in [3.63, 3.8) is 0 Å². The molecule has 100 valence electrons. The first-order valence-corrected chi connectivity index (χ1v) is 7.18. The van der Waals surface area contributed by atoms with Crippen LogP contribution in [0.1, 0.15) is 65.2 Å². The molecule has 2 atom stereocenters. The lowest BCUT2D eigenvalue weighted by molar-refractivity contribution is -0.122. The third-order valence-electron chi connectivity index (χ3n) is 3.85. The van der Waals surface area contributed by atoms with Gasteiger partial charge in [-0.25, -0.2) is 0 Å². The molecule has 0 radical (unpaired) electrons. The number of nitrogens with two attached hydrogens (primary N) is 1. The van der Waals surface area contributed by atoms with Crippen molar-refractivity contribution in [3.05, 3.63) is 0 Å². The minimum absolute atomic E-state index is 0.0264. The summed E-state index contributed by atoms with van der Waals surface area (Å²) in [6.07, 6.45) is 8.99. The summed E-state index contributed by atoms with van der Waals surface area (Å²) in [6.45, 7) is 4.24. The molecule has 1 saturated carbocycles. The van der Waals surface area contributed by atoms with Crippen molar-refractivity contribution in [1.82, 2.24) is 5.32 Å². The highest BCUT2D eigenvalue weighted by Crippen LogP contribution is 2.26. The molecule has 17 heavy (non-hydrogen) atoms. The highest BCUT2D eigenvalue weighted by atomic mass is 16.1. The van der Waals surface area contributed by atoms with Crippen LogP contribution in [0.4, 0.5) is 0 Å². The van der Waals surface area contributed by atoms with E-state index in [0.717, 1.165) is 12.8 Å². The van der Waals surface area contributed by atoms with Gasteiger partial charge in [-0.2, -0.15) is 0 Å². The molecule has 0 aromatic rings. The first-order chi connectivity index (χ1) is 8.13. The summed E-state index contributed by atoms with van der Waals surface area (Å²) < 4.78 is 0. The predicted molar refractivity (Wildman–Crippen MR) is 71.7 cm³/mol. The van der Waals surface area contributed by atoms with Gasteiger partial charge in [-0.3, -0.25) is 4.79 Å². The minimum Gasteiger partial charge on any atom is -0.353 e. The topological polar surface area (TPSA) is 55.1 Å². The lowest BCUT2D eigenvalue weighted by Crippen LogP contribution is -2.41. The number of amides is 1. The van der Waals surface area contributed by atoms with Crippen molar-refractivity contribution in [3.8, 4) is 0 Å². The Kier molecular flexibility index (Phi) is 6.56. The van der Waals surface area contributed by atoms with Crippen molar-refractivity contribution >= 4 is 5.91 Å². The van der Waals surface area contributed by atoms with Crippen molar-refractivity contribution in [2.24, 2.45) is 11.7 Å². The van der Waals surface area contributed by atoms with Gasteiger partial charge < -0.3 is 11.1 Å². The third-order valence-corrected chi connectivity index (χ3v) is 3.85. The summed E-state index contributed by atoms with van der Waals surface area (Å²) in [6, 6.07) is 0.343. The van der Waals surface area contributed by atoms with Gasteiger partial charge in [0.25, 0.3) is 0 Å². The molecular weight excluding hydrogens is 212 g/mol. The number of nitrogens with one attached hydrogen (secondary N) is 1. The molecule has 1 amide bonds. The molecule has 3 N–H and O–H groups in total. The molecule has 0 bridgehead atoms. The molecule has 3 heteroatoms. The Labute approximate surface area is 106 Å². The van der Waals surface area contributed by atoms with Gasteiger partial charge in [-0.15, -0.1) is 0 Å². The van der Waals surface area contributed by atoms with Crippen LogP contribution in [-0.4, -0.2) is 18.0 Å². The molecule has 1 aliphatic carbocycles. The van der Waals surface area contributed by atoms with Crippen LogP contribution in [0, 0.1) is 5.92 Å². The molecule has 1 rings (SSSR count). The van der Waals surface area contributed by atoms with Crippen LogP contribution in [-0.2, 0) is 4.79 Å². The largest absolute Gasteiger partial charge is 0.353 e. The van der Waals surface area contributed by atoms with E-state index in [9.17, 15) is 4.79 Å². The lowest BCUT2D eigenvalue weighted by Gasteiger charge is -2.28. The zero-order valence-corrected chi connectivity index (χ0v) is 11.4. The van der Waals surface area contributed by atoms with Crippen LogP contribution >= 0.6 is 0 Å². The summed E-state index contributed by atoms with van der Waals surface area (Å²) in [5.74, 6) is 0.805. The van der Waals surface area contributed by atoms with E-state index in [2.05, 4.69) is 19.2 Å². The van der Waals surface area contributed by atoms with Crippen LogP contribution in [0.3, 0.4) is 0 Å². The Bertz CT molecular complexity index is 224. The molecule has 3 nitrogen and oxygen atoms in total. The molecular formula is C14H28N2O. The maximum atomic E-state index is 11.8.